The molecule has 2 N–H and O–H groups in total. The lowest BCUT2D eigenvalue weighted by Gasteiger charge is -2.33. The molecule has 1 saturated carbocycles. The van der Waals surface area contributed by atoms with Gasteiger partial charge in [-0.1, -0.05) is 0 Å². The molecule has 1 aliphatic heterocycles. The van der Waals surface area contributed by atoms with Crippen LogP contribution >= 0.6 is 0 Å². The minimum atomic E-state index is -0.945. The van der Waals surface area contributed by atoms with Crippen molar-refractivity contribution in [1.82, 2.24) is 15.1 Å². The second kappa shape index (κ2) is 6.44. The number of carbonyl (C=O) groups excluding carboxylic acids is 1. The summed E-state index contributed by atoms with van der Waals surface area (Å²) in [5.41, 5.74) is 0.320. The largest absolute Gasteiger partial charge is 0.481 e. The van der Waals surface area contributed by atoms with Crippen LogP contribution in [0.1, 0.15) is 68.6 Å². The van der Waals surface area contributed by atoms with Crippen LogP contribution in [0.15, 0.2) is 6.07 Å². The van der Waals surface area contributed by atoms with E-state index in [0.717, 1.165) is 18.5 Å². The molecule has 0 bridgehead atoms. The summed E-state index contributed by atoms with van der Waals surface area (Å²) in [5, 5.41) is 16.9. The first-order valence-corrected chi connectivity index (χ1v) is 8.93. The first-order valence-electron chi connectivity index (χ1n) is 8.93. The number of hydrogen-bond donors (Lipinski definition) is 2. The SMILES string of the molecule is CC(C)(C)n1nc(C(=O)NCC2(C(=O)O)CCOCC2)cc1C1CC1. The van der Waals surface area contributed by atoms with Crippen molar-refractivity contribution in [2.24, 2.45) is 5.41 Å². The normalized spacial score (nSPS) is 20.3. The fourth-order valence-electron chi connectivity index (χ4n) is 3.28. The van der Waals surface area contributed by atoms with Gasteiger partial charge in [0.05, 0.1) is 11.0 Å². The maximum Gasteiger partial charge on any atom is 0.311 e. The molecule has 0 spiro atoms. The molecular formula is C18H27N3O4. The molecule has 1 amide bonds. The smallest absolute Gasteiger partial charge is 0.311 e. The Morgan fingerprint density at radius 2 is 2.00 bits per heavy atom. The van der Waals surface area contributed by atoms with Gasteiger partial charge in [0, 0.05) is 31.4 Å². The molecule has 138 valence electrons. The van der Waals surface area contributed by atoms with E-state index in [2.05, 4.69) is 31.2 Å². The van der Waals surface area contributed by atoms with Crippen molar-refractivity contribution < 1.29 is 19.4 Å². The third-order valence-electron chi connectivity index (χ3n) is 5.09. The lowest BCUT2D eigenvalue weighted by Crippen LogP contribution is -2.46. The lowest BCUT2D eigenvalue weighted by atomic mass is 9.80. The van der Waals surface area contributed by atoms with E-state index in [1.165, 1.54) is 0 Å². The third-order valence-corrected chi connectivity index (χ3v) is 5.09. The van der Waals surface area contributed by atoms with Crippen LogP contribution in [0.5, 0.6) is 0 Å². The van der Waals surface area contributed by atoms with E-state index in [9.17, 15) is 14.7 Å². The lowest BCUT2D eigenvalue weighted by molar-refractivity contribution is -0.154. The molecule has 1 saturated heterocycles. The van der Waals surface area contributed by atoms with E-state index in [4.69, 9.17) is 4.74 Å². The fourth-order valence-corrected chi connectivity index (χ4v) is 3.28. The monoisotopic (exact) mass is 349 g/mol. The molecule has 25 heavy (non-hydrogen) atoms. The van der Waals surface area contributed by atoms with Crippen LogP contribution in [0.2, 0.25) is 0 Å². The van der Waals surface area contributed by atoms with Gasteiger partial charge in [0.25, 0.3) is 5.91 Å². The maximum atomic E-state index is 12.6. The predicted octanol–water partition coefficient (Wildman–Crippen LogP) is 2.13. The number of nitrogens with one attached hydrogen (secondary N) is 1. The van der Waals surface area contributed by atoms with E-state index in [1.54, 1.807) is 0 Å². The van der Waals surface area contributed by atoms with Crippen molar-refractivity contribution in [2.75, 3.05) is 19.8 Å². The van der Waals surface area contributed by atoms with Crippen molar-refractivity contribution in [3.8, 4) is 0 Å². The highest BCUT2D eigenvalue weighted by atomic mass is 16.5. The molecule has 0 aromatic carbocycles. The first kappa shape index (κ1) is 17.9. The van der Waals surface area contributed by atoms with Gasteiger partial charge in [-0.2, -0.15) is 5.10 Å². The molecule has 0 atom stereocenters. The quantitative estimate of drug-likeness (QED) is 0.849. The van der Waals surface area contributed by atoms with Crippen LogP contribution in [-0.2, 0) is 15.1 Å². The number of ether oxygens (including phenoxy) is 1. The summed E-state index contributed by atoms with van der Waals surface area (Å²) in [7, 11) is 0. The second-order valence-electron chi connectivity index (χ2n) is 8.19. The number of nitrogens with zero attached hydrogens (tertiary/aromatic N) is 2. The summed E-state index contributed by atoms with van der Waals surface area (Å²) in [5.74, 6) is -0.707. The number of rotatable bonds is 5. The Bertz CT molecular complexity index is 664. The molecule has 1 aromatic heterocycles. The Morgan fingerprint density at radius 1 is 1.36 bits per heavy atom. The van der Waals surface area contributed by atoms with E-state index in [1.807, 2.05) is 10.7 Å². The summed E-state index contributed by atoms with van der Waals surface area (Å²) in [6, 6.07) is 1.86. The molecule has 2 heterocycles. The van der Waals surface area contributed by atoms with E-state index in [0.29, 0.717) is 37.7 Å². The van der Waals surface area contributed by atoms with Gasteiger partial charge in [-0.05, 0) is 52.5 Å². The van der Waals surface area contributed by atoms with Gasteiger partial charge < -0.3 is 15.2 Å². The minimum absolute atomic E-state index is 0.103. The number of carbonyl (C=O) groups is 2. The zero-order chi connectivity index (χ0) is 18.2. The number of carboxylic acids is 1. The topological polar surface area (TPSA) is 93.5 Å². The van der Waals surface area contributed by atoms with Crippen molar-refractivity contribution in [1.29, 1.82) is 0 Å². The van der Waals surface area contributed by atoms with Crippen LogP contribution in [0.25, 0.3) is 0 Å². The summed E-state index contributed by atoms with van der Waals surface area (Å²) >= 11 is 0. The van der Waals surface area contributed by atoms with E-state index in [-0.39, 0.29) is 18.0 Å². The number of aromatic nitrogens is 2. The van der Waals surface area contributed by atoms with Gasteiger partial charge in [-0.25, -0.2) is 0 Å². The molecule has 7 heteroatoms. The average Bonchev–Trinajstić information content (AvgIpc) is 3.30. The van der Waals surface area contributed by atoms with Gasteiger partial charge in [0.2, 0.25) is 0 Å². The molecule has 2 fully saturated rings. The summed E-state index contributed by atoms with van der Waals surface area (Å²) in [6.45, 7) is 7.12. The molecule has 0 unspecified atom stereocenters. The Labute approximate surface area is 147 Å². The Balaban J connectivity index is 1.74. The van der Waals surface area contributed by atoms with Gasteiger partial charge in [-0.15, -0.1) is 0 Å². The van der Waals surface area contributed by atoms with Gasteiger partial charge >= 0.3 is 5.97 Å². The van der Waals surface area contributed by atoms with Crippen molar-refractivity contribution in [3.63, 3.8) is 0 Å². The fraction of sp³-hybridized carbons (Fsp3) is 0.722. The van der Waals surface area contributed by atoms with Crippen LogP contribution in [0.3, 0.4) is 0 Å². The predicted molar refractivity (Wildman–Crippen MR) is 91.7 cm³/mol. The first-order chi connectivity index (χ1) is 11.7. The molecule has 3 rings (SSSR count). The minimum Gasteiger partial charge on any atom is -0.481 e. The highest BCUT2D eigenvalue weighted by Crippen LogP contribution is 2.41. The van der Waals surface area contributed by atoms with Crippen LogP contribution in [-0.4, -0.2) is 46.5 Å². The Kier molecular flexibility index (Phi) is 4.62. The van der Waals surface area contributed by atoms with Crippen LogP contribution < -0.4 is 5.32 Å². The van der Waals surface area contributed by atoms with Gasteiger partial charge in [0.15, 0.2) is 0 Å². The number of carboxylic acid groups (broad SMARTS) is 1. The van der Waals surface area contributed by atoms with E-state index < -0.39 is 11.4 Å². The third kappa shape index (κ3) is 3.71. The average molecular weight is 349 g/mol. The van der Waals surface area contributed by atoms with Crippen molar-refractivity contribution >= 4 is 11.9 Å². The van der Waals surface area contributed by atoms with E-state index >= 15 is 0 Å². The zero-order valence-corrected chi connectivity index (χ0v) is 15.2. The summed E-state index contributed by atoms with van der Waals surface area (Å²) < 4.78 is 7.20. The highest BCUT2D eigenvalue weighted by molar-refractivity contribution is 5.92. The van der Waals surface area contributed by atoms with Gasteiger partial charge in [-0.3, -0.25) is 14.3 Å². The molecule has 0 radical (unpaired) electrons. The van der Waals surface area contributed by atoms with Crippen LogP contribution in [0, 0.1) is 5.41 Å². The Morgan fingerprint density at radius 3 is 2.52 bits per heavy atom. The molecule has 7 nitrogen and oxygen atoms in total. The highest BCUT2D eigenvalue weighted by Gasteiger charge is 2.41. The number of hydrogen-bond acceptors (Lipinski definition) is 4. The van der Waals surface area contributed by atoms with Crippen molar-refractivity contribution in [2.45, 2.75) is 57.9 Å². The van der Waals surface area contributed by atoms with Gasteiger partial charge in [0.1, 0.15) is 5.69 Å². The summed E-state index contributed by atoms with van der Waals surface area (Å²) in [6.07, 6.45) is 3.08. The standard InChI is InChI=1S/C18H27N3O4/c1-17(2,3)21-14(12-4-5-12)10-13(20-21)15(22)19-11-18(16(23)24)6-8-25-9-7-18/h10,12H,4-9,11H2,1-3H3,(H,19,22)(H,23,24). The van der Waals surface area contributed by atoms with Crippen molar-refractivity contribution in [3.05, 3.63) is 17.5 Å². The summed E-state index contributed by atoms with van der Waals surface area (Å²) in [4.78, 5) is 24.3. The second-order valence-corrected chi connectivity index (χ2v) is 8.19. The Hall–Kier alpha value is -1.89. The van der Waals surface area contributed by atoms with Crippen LogP contribution in [0.4, 0.5) is 0 Å². The maximum absolute atomic E-state index is 12.6. The molecule has 1 aliphatic carbocycles. The zero-order valence-electron chi connectivity index (χ0n) is 15.2. The molecule has 1 aromatic rings. The number of aliphatic carboxylic acids is 1. The molecular weight excluding hydrogens is 322 g/mol. The molecule has 2 aliphatic rings. The number of amides is 1.